The molecule has 2 N–H and O–H groups in total. The summed E-state index contributed by atoms with van der Waals surface area (Å²) < 4.78 is 10.0. The van der Waals surface area contributed by atoms with Gasteiger partial charge in [-0.2, -0.15) is 0 Å². The summed E-state index contributed by atoms with van der Waals surface area (Å²) in [5.74, 6) is 0.804. The molecule has 0 aromatic heterocycles. The first-order valence-corrected chi connectivity index (χ1v) is 5.89. The van der Waals surface area contributed by atoms with E-state index >= 15 is 0 Å². The number of carbonyl (C=O) groups is 1. The summed E-state index contributed by atoms with van der Waals surface area (Å²) in [6.45, 7) is 0.547. The number of hydrogen-bond donors (Lipinski definition) is 2. The molecule has 5 nitrogen and oxygen atoms in total. The highest BCUT2D eigenvalue weighted by Gasteiger charge is 2.29. The number of ether oxygens (including phenoxy) is 2. The van der Waals surface area contributed by atoms with E-state index in [1.54, 1.807) is 18.2 Å². The van der Waals surface area contributed by atoms with E-state index in [1.165, 1.54) is 0 Å². The van der Waals surface area contributed by atoms with Crippen LogP contribution in [-0.2, 0) is 0 Å². The SMILES string of the molecule is BCN[C@@](B)(C)C(=O)c1ccc2c(c1)OC(O)O2. The van der Waals surface area contributed by atoms with Crippen molar-refractivity contribution in [1.82, 2.24) is 5.32 Å². The van der Waals surface area contributed by atoms with E-state index in [1.807, 2.05) is 22.6 Å². The molecule has 1 heterocycles. The Labute approximate surface area is 107 Å². The Hall–Kier alpha value is -1.46. The fraction of sp³-hybridized carbons (Fsp3) is 0.364. The van der Waals surface area contributed by atoms with Crippen molar-refractivity contribution in [2.24, 2.45) is 0 Å². The van der Waals surface area contributed by atoms with Crippen LogP contribution in [0.15, 0.2) is 18.2 Å². The van der Waals surface area contributed by atoms with Gasteiger partial charge in [-0.05, 0) is 31.6 Å². The van der Waals surface area contributed by atoms with E-state index in [0.717, 1.165) is 0 Å². The van der Waals surface area contributed by atoms with Crippen LogP contribution in [0.3, 0.4) is 0 Å². The third-order valence-electron chi connectivity index (χ3n) is 2.85. The normalized spacial score (nSPS) is 20.4. The highest BCUT2D eigenvalue weighted by molar-refractivity contribution is 6.32. The summed E-state index contributed by atoms with van der Waals surface area (Å²) in [4.78, 5) is 12.3. The van der Waals surface area contributed by atoms with Crippen LogP contribution in [0.2, 0.25) is 0 Å². The first-order valence-electron chi connectivity index (χ1n) is 5.89. The Morgan fingerprint density at radius 2 is 2.17 bits per heavy atom. The molecule has 0 radical (unpaired) electrons. The maximum absolute atomic E-state index is 12.3. The topological polar surface area (TPSA) is 67.8 Å². The maximum Gasteiger partial charge on any atom is 0.358 e. The Kier molecular flexibility index (Phi) is 3.36. The molecule has 94 valence electrons. The Balaban J connectivity index is 2.25. The van der Waals surface area contributed by atoms with Crippen molar-refractivity contribution < 1.29 is 19.4 Å². The van der Waals surface area contributed by atoms with Gasteiger partial charge in [-0.3, -0.25) is 4.79 Å². The second-order valence-electron chi connectivity index (χ2n) is 4.69. The Morgan fingerprint density at radius 1 is 1.50 bits per heavy atom. The molecule has 0 amide bonds. The van der Waals surface area contributed by atoms with E-state index in [2.05, 4.69) is 5.32 Å². The lowest BCUT2D eigenvalue weighted by Gasteiger charge is -2.24. The molecule has 0 bridgehead atoms. The number of Topliss-reactive ketones (excluding diaryl/α,β-unsaturated/α-hetero) is 1. The first kappa shape index (κ1) is 13.0. The number of aliphatic hydroxyl groups is 1. The molecular formula is C11H15B2NO4. The zero-order valence-corrected chi connectivity index (χ0v) is 10.7. The number of hydrogen-bond acceptors (Lipinski definition) is 5. The van der Waals surface area contributed by atoms with Gasteiger partial charge < -0.3 is 19.9 Å². The van der Waals surface area contributed by atoms with Crippen LogP contribution in [0.1, 0.15) is 17.3 Å². The molecule has 7 heteroatoms. The molecule has 1 aromatic rings. The minimum absolute atomic E-state index is 0.0304. The molecule has 1 aliphatic rings. The average Bonchev–Trinajstić information content (AvgIpc) is 2.66. The summed E-state index contributed by atoms with van der Waals surface area (Å²) in [5.41, 5.74) is -0.112. The zero-order valence-electron chi connectivity index (χ0n) is 10.7. The van der Waals surface area contributed by atoms with Gasteiger partial charge in [0.25, 0.3) is 0 Å². The van der Waals surface area contributed by atoms with Crippen LogP contribution in [0.25, 0.3) is 0 Å². The van der Waals surface area contributed by atoms with Crippen molar-refractivity contribution in [2.45, 2.75) is 18.8 Å². The zero-order chi connectivity index (χ0) is 13.3. The van der Waals surface area contributed by atoms with Crippen molar-refractivity contribution in [3.63, 3.8) is 0 Å². The van der Waals surface area contributed by atoms with Gasteiger partial charge >= 0.3 is 6.48 Å². The van der Waals surface area contributed by atoms with Crippen LogP contribution < -0.4 is 14.8 Å². The molecule has 2 atom stereocenters. The summed E-state index contributed by atoms with van der Waals surface area (Å²) >= 11 is 0. The molecule has 0 saturated carbocycles. The number of benzene rings is 1. The summed E-state index contributed by atoms with van der Waals surface area (Å²) in [5, 5.41) is 12.3. The fourth-order valence-electron chi connectivity index (χ4n) is 1.96. The summed E-state index contributed by atoms with van der Waals surface area (Å²) in [6.07, 6.45) is 0.710. The van der Waals surface area contributed by atoms with Gasteiger partial charge in [0.2, 0.25) is 0 Å². The van der Waals surface area contributed by atoms with E-state index in [4.69, 9.17) is 9.47 Å². The first-order chi connectivity index (χ1) is 8.44. The third-order valence-corrected chi connectivity index (χ3v) is 2.85. The van der Waals surface area contributed by atoms with Crippen LogP contribution in [0.5, 0.6) is 11.5 Å². The summed E-state index contributed by atoms with van der Waals surface area (Å²) in [7, 11) is 3.78. The monoisotopic (exact) mass is 247 g/mol. The second-order valence-corrected chi connectivity index (χ2v) is 4.69. The van der Waals surface area contributed by atoms with E-state index in [0.29, 0.717) is 23.5 Å². The van der Waals surface area contributed by atoms with Gasteiger partial charge in [0.1, 0.15) is 15.7 Å². The van der Waals surface area contributed by atoms with Gasteiger partial charge in [-0.15, -0.1) is 0 Å². The maximum atomic E-state index is 12.3. The van der Waals surface area contributed by atoms with E-state index in [-0.39, 0.29) is 5.78 Å². The molecule has 1 unspecified atom stereocenters. The summed E-state index contributed by atoms with van der Waals surface area (Å²) in [6, 6.07) is 4.88. The highest BCUT2D eigenvalue weighted by Crippen LogP contribution is 2.35. The smallest absolute Gasteiger partial charge is 0.358 e. The van der Waals surface area contributed by atoms with Gasteiger partial charge in [-0.25, -0.2) is 0 Å². The minimum atomic E-state index is -1.29. The van der Waals surface area contributed by atoms with Crippen LogP contribution in [0.4, 0.5) is 0 Å². The van der Waals surface area contributed by atoms with Crippen LogP contribution >= 0.6 is 0 Å². The number of ketones is 1. The number of carbonyl (C=O) groups excluding carboxylic acids is 1. The van der Waals surface area contributed by atoms with Crippen LogP contribution in [-0.4, -0.2) is 44.9 Å². The lowest BCUT2D eigenvalue weighted by Crippen LogP contribution is -2.50. The standard InChI is InChI=1S/C11H15B2NO4/c1-11(13,14-5-12)9(15)6-2-3-7-8(4-6)18-10(16)17-7/h2-4,10,14,16H,5,12-13H2,1H3/t10?,11-/m0/s1. The van der Waals surface area contributed by atoms with E-state index in [9.17, 15) is 9.90 Å². The van der Waals surface area contributed by atoms with Gasteiger partial charge in [-0.1, -0.05) is 0 Å². The molecule has 0 fully saturated rings. The molecule has 0 spiro atoms. The highest BCUT2D eigenvalue weighted by atomic mass is 16.8. The van der Waals surface area contributed by atoms with Gasteiger partial charge in [0.15, 0.2) is 17.3 Å². The largest absolute Gasteiger partial charge is 0.428 e. The number of aliphatic hydroxyl groups excluding tert-OH is 1. The van der Waals surface area contributed by atoms with Crippen molar-refractivity contribution in [3.05, 3.63) is 23.8 Å². The molecule has 1 aromatic carbocycles. The molecule has 0 saturated heterocycles. The Bertz CT molecular complexity index is 478. The van der Waals surface area contributed by atoms with Crippen molar-refractivity contribution >= 4 is 21.5 Å². The van der Waals surface area contributed by atoms with Gasteiger partial charge in [0, 0.05) is 11.0 Å². The lowest BCUT2D eigenvalue weighted by molar-refractivity contribution is -0.133. The van der Waals surface area contributed by atoms with E-state index < -0.39 is 11.9 Å². The van der Waals surface area contributed by atoms with Crippen molar-refractivity contribution in [3.8, 4) is 11.5 Å². The lowest BCUT2D eigenvalue weighted by atomic mass is 9.73. The quantitative estimate of drug-likeness (QED) is 0.497. The third kappa shape index (κ3) is 2.37. The number of rotatable bonds is 4. The second kappa shape index (κ2) is 4.66. The van der Waals surface area contributed by atoms with Crippen LogP contribution in [0, 0.1) is 0 Å². The molecule has 2 rings (SSSR count). The molecule has 0 aliphatic carbocycles. The predicted molar refractivity (Wildman–Crippen MR) is 71.5 cm³/mol. The molecule has 18 heavy (non-hydrogen) atoms. The minimum Gasteiger partial charge on any atom is -0.428 e. The Morgan fingerprint density at radius 3 is 2.83 bits per heavy atom. The van der Waals surface area contributed by atoms with Crippen molar-refractivity contribution in [1.29, 1.82) is 0 Å². The average molecular weight is 247 g/mol. The fourth-order valence-corrected chi connectivity index (χ4v) is 1.96. The molecule has 1 aliphatic heterocycles. The van der Waals surface area contributed by atoms with Gasteiger partial charge in [0.05, 0.1) is 0 Å². The molecular weight excluding hydrogens is 232 g/mol. The van der Waals surface area contributed by atoms with Crippen molar-refractivity contribution in [2.75, 3.05) is 6.44 Å². The predicted octanol–water partition coefficient (Wildman–Crippen LogP) is -1.55. The number of nitrogens with one attached hydrogen (secondary N) is 1. The number of fused-ring (bicyclic) bond motifs is 1.